The maximum Gasteiger partial charge on any atom is 0.169 e. The van der Waals surface area contributed by atoms with Crippen molar-refractivity contribution in [3.63, 3.8) is 0 Å². The molecule has 0 amide bonds. The molecule has 0 saturated carbocycles. The van der Waals surface area contributed by atoms with Crippen LogP contribution in [0, 0.1) is 12.7 Å². The Kier molecular flexibility index (Phi) is 2.95. The summed E-state index contributed by atoms with van der Waals surface area (Å²) in [6, 6.07) is 4.60. The predicted molar refractivity (Wildman–Crippen MR) is 61.6 cm³/mol. The number of nitrogens with two attached hydrogens (primary N) is 1. The number of hydrogen-bond acceptors (Lipinski definition) is 4. The molecule has 90 valence electrons. The highest BCUT2D eigenvalue weighted by molar-refractivity contribution is 5.43. The van der Waals surface area contributed by atoms with Gasteiger partial charge in [-0.3, -0.25) is 0 Å². The Morgan fingerprint density at radius 3 is 2.76 bits per heavy atom. The highest BCUT2D eigenvalue weighted by Crippen LogP contribution is 2.21. The molecule has 1 aromatic carbocycles. The molecule has 0 aliphatic heterocycles. The molecule has 1 aromatic heterocycles. The van der Waals surface area contributed by atoms with Gasteiger partial charge in [-0.25, -0.2) is 9.07 Å². The van der Waals surface area contributed by atoms with Crippen LogP contribution in [0.2, 0.25) is 0 Å². The van der Waals surface area contributed by atoms with E-state index in [4.69, 9.17) is 10.5 Å². The lowest BCUT2D eigenvalue weighted by Gasteiger charge is -2.07. The van der Waals surface area contributed by atoms with Crippen LogP contribution in [0.15, 0.2) is 18.2 Å². The minimum atomic E-state index is -0.433. The number of ether oxygens (including phenoxy) is 1. The number of benzene rings is 1. The maximum atomic E-state index is 13.6. The van der Waals surface area contributed by atoms with Crippen molar-refractivity contribution in [3.8, 4) is 11.4 Å². The second-order valence-corrected chi connectivity index (χ2v) is 3.52. The molecule has 0 radical (unpaired) electrons. The van der Waals surface area contributed by atoms with E-state index in [9.17, 15) is 4.39 Å². The lowest BCUT2D eigenvalue weighted by atomic mass is 10.3. The minimum Gasteiger partial charge on any atom is -0.491 e. The molecule has 0 atom stereocenters. The molecule has 0 saturated heterocycles. The molecule has 0 unspecified atom stereocenters. The van der Waals surface area contributed by atoms with Crippen LogP contribution >= 0.6 is 0 Å². The summed E-state index contributed by atoms with van der Waals surface area (Å²) in [6.07, 6.45) is 0. The van der Waals surface area contributed by atoms with E-state index in [1.807, 2.05) is 0 Å². The highest BCUT2D eigenvalue weighted by atomic mass is 19.1. The summed E-state index contributed by atoms with van der Waals surface area (Å²) in [5.74, 6) is 0.124. The maximum absolute atomic E-state index is 13.6. The second kappa shape index (κ2) is 4.40. The minimum absolute atomic E-state index is 0.224. The first kappa shape index (κ1) is 11.4. The van der Waals surface area contributed by atoms with Gasteiger partial charge >= 0.3 is 0 Å². The summed E-state index contributed by atoms with van der Waals surface area (Å²) in [5, 5.41) is 7.55. The average molecular weight is 236 g/mol. The largest absolute Gasteiger partial charge is 0.491 e. The molecule has 0 spiro atoms. The van der Waals surface area contributed by atoms with Crippen LogP contribution < -0.4 is 10.5 Å². The van der Waals surface area contributed by atoms with E-state index < -0.39 is 5.82 Å². The fourth-order valence-electron chi connectivity index (χ4n) is 1.48. The Balaban J connectivity index is 2.41. The van der Waals surface area contributed by atoms with Crippen LogP contribution in [-0.2, 0) is 0 Å². The lowest BCUT2D eigenvalue weighted by molar-refractivity contribution is 0.321. The number of halogens is 1. The Bertz CT molecular complexity index is 538. The topological polar surface area (TPSA) is 66.0 Å². The van der Waals surface area contributed by atoms with Crippen LogP contribution in [0.25, 0.3) is 5.69 Å². The Morgan fingerprint density at radius 2 is 2.24 bits per heavy atom. The van der Waals surface area contributed by atoms with Gasteiger partial charge in [0.05, 0.1) is 18.0 Å². The van der Waals surface area contributed by atoms with Gasteiger partial charge in [0, 0.05) is 6.07 Å². The first-order valence-corrected chi connectivity index (χ1v) is 5.24. The number of anilines is 1. The Hall–Kier alpha value is -2.11. The normalized spacial score (nSPS) is 10.5. The first-order chi connectivity index (χ1) is 8.13. The Morgan fingerprint density at radius 1 is 1.47 bits per heavy atom. The van der Waals surface area contributed by atoms with E-state index in [-0.39, 0.29) is 5.75 Å². The standard InChI is InChI=1S/C11H13FN4O/c1-3-17-10-5-4-8(6-9(10)12)16-7(2)11(13)14-15-16/h4-6H,3,13H2,1-2H3. The van der Waals surface area contributed by atoms with Crippen LogP contribution in [0.5, 0.6) is 5.75 Å². The molecular formula is C11H13FN4O. The summed E-state index contributed by atoms with van der Waals surface area (Å²) < 4.78 is 20.2. The molecule has 2 rings (SSSR count). The van der Waals surface area contributed by atoms with E-state index in [1.54, 1.807) is 26.0 Å². The van der Waals surface area contributed by atoms with Crippen molar-refractivity contribution in [1.82, 2.24) is 15.0 Å². The highest BCUT2D eigenvalue weighted by Gasteiger charge is 2.10. The third kappa shape index (κ3) is 2.06. The van der Waals surface area contributed by atoms with Gasteiger partial charge in [-0.05, 0) is 26.0 Å². The first-order valence-electron chi connectivity index (χ1n) is 5.24. The van der Waals surface area contributed by atoms with Crippen molar-refractivity contribution in [3.05, 3.63) is 29.7 Å². The van der Waals surface area contributed by atoms with Crippen molar-refractivity contribution in [1.29, 1.82) is 0 Å². The quantitative estimate of drug-likeness (QED) is 0.880. The van der Waals surface area contributed by atoms with E-state index in [0.717, 1.165) is 0 Å². The molecule has 1 heterocycles. The van der Waals surface area contributed by atoms with Gasteiger partial charge < -0.3 is 10.5 Å². The summed E-state index contributed by atoms with van der Waals surface area (Å²) in [5.41, 5.74) is 6.82. The molecular weight excluding hydrogens is 223 g/mol. The van der Waals surface area contributed by atoms with E-state index >= 15 is 0 Å². The van der Waals surface area contributed by atoms with Gasteiger partial charge in [-0.15, -0.1) is 5.10 Å². The Labute approximate surface area is 98.0 Å². The predicted octanol–water partition coefficient (Wildman–Crippen LogP) is 1.70. The summed E-state index contributed by atoms with van der Waals surface area (Å²) >= 11 is 0. The molecule has 2 aromatic rings. The third-order valence-corrected chi connectivity index (χ3v) is 2.39. The molecule has 0 aliphatic rings. The number of aromatic nitrogens is 3. The molecule has 0 bridgehead atoms. The number of nitrogens with zero attached hydrogens (tertiary/aromatic N) is 3. The fraction of sp³-hybridized carbons (Fsp3) is 0.273. The zero-order valence-electron chi connectivity index (χ0n) is 9.64. The van der Waals surface area contributed by atoms with Crippen molar-refractivity contribution in [2.24, 2.45) is 0 Å². The van der Waals surface area contributed by atoms with Crippen molar-refractivity contribution in [2.45, 2.75) is 13.8 Å². The van der Waals surface area contributed by atoms with E-state index in [2.05, 4.69) is 10.3 Å². The average Bonchev–Trinajstić information content (AvgIpc) is 2.63. The number of rotatable bonds is 3. The van der Waals surface area contributed by atoms with Crippen LogP contribution in [-0.4, -0.2) is 21.6 Å². The van der Waals surface area contributed by atoms with Crippen LogP contribution in [0.1, 0.15) is 12.6 Å². The van der Waals surface area contributed by atoms with Crippen molar-refractivity contribution < 1.29 is 9.13 Å². The summed E-state index contributed by atoms with van der Waals surface area (Å²) in [4.78, 5) is 0. The second-order valence-electron chi connectivity index (χ2n) is 3.52. The van der Waals surface area contributed by atoms with E-state index in [0.29, 0.717) is 23.8 Å². The van der Waals surface area contributed by atoms with Crippen LogP contribution in [0.4, 0.5) is 10.2 Å². The van der Waals surface area contributed by atoms with E-state index in [1.165, 1.54) is 10.7 Å². The molecule has 0 aliphatic carbocycles. The zero-order valence-corrected chi connectivity index (χ0v) is 9.64. The molecule has 6 heteroatoms. The zero-order chi connectivity index (χ0) is 12.4. The fourth-order valence-corrected chi connectivity index (χ4v) is 1.48. The summed E-state index contributed by atoms with van der Waals surface area (Å²) in [6.45, 7) is 3.99. The number of nitrogen functional groups attached to an aromatic ring is 1. The van der Waals surface area contributed by atoms with Gasteiger partial charge in [-0.2, -0.15) is 0 Å². The summed E-state index contributed by atoms with van der Waals surface area (Å²) in [7, 11) is 0. The van der Waals surface area contributed by atoms with Crippen molar-refractivity contribution in [2.75, 3.05) is 12.3 Å². The molecule has 2 N–H and O–H groups in total. The molecule has 5 nitrogen and oxygen atoms in total. The van der Waals surface area contributed by atoms with Gasteiger partial charge in [0.2, 0.25) is 0 Å². The smallest absolute Gasteiger partial charge is 0.169 e. The van der Waals surface area contributed by atoms with Gasteiger partial charge in [0.25, 0.3) is 0 Å². The van der Waals surface area contributed by atoms with Gasteiger partial charge in [0.15, 0.2) is 17.4 Å². The van der Waals surface area contributed by atoms with Gasteiger partial charge in [0.1, 0.15) is 0 Å². The van der Waals surface area contributed by atoms with Crippen LogP contribution in [0.3, 0.4) is 0 Å². The number of hydrogen-bond donors (Lipinski definition) is 1. The SMILES string of the molecule is CCOc1ccc(-n2nnc(N)c2C)cc1F. The molecule has 0 fully saturated rings. The molecule has 17 heavy (non-hydrogen) atoms. The lowest BCUT2D eigenvalue weighted by Crippen LogP contribution is -2.02. The monoisotopic (exact) mass is 236 g/mol. The van der Waals surface area contributed by atoms with Crippen molar-refractivity contribution >= 4 is 5.82 Å². The van der Waals surface area contributed by atoms with Gasteiger partial charge in [-0.1, -0.05) is 5.21 Å². The third-order valence-electron chi connectivity index (χ3n) is 2.39.